The van der Waals surface area contributed by atoms with Crippen molar-refractivity contribution < 1.29 is 59.4 Å². The molecule has 8 N–H and O–H groups in total. The van der Waals surface area contributed by atoms with E-state index >= 15 is 0 Å². The number of ether oxygens (including phenoxy) is 5. The number of cyclic esters (lactones) is 1. The van der Waals surface area contributed by atoms with Gasteiger partial charge in [-0.15, -0.1) is 6.58 Å². The number of aromatic nitrogens is 2. The van der Waals surface area contributed by atoms with Crippen LogP contribution in [0.5, 0.6) is 0 Å². The van der Waals surface area contributed by atoms with Gasteiger partial charge in [0.1, 0.15) is 35.4 Å². The van der Waals surface area contributed by atoms with Crippen LogP contribution in [0.15, 0.2) is 61.2 Å². The smallest absolute Gasteiger partial charge is 0.309 e. The molecule has 4 aliphatic heterocycles. The fraction of sp³-hybridized carbons (Fsp3) is 0.746. The molecule has 6 rings (SSSR count). The van der Waals surface area contributed by atoms with Crippen LogP contribution in [-0.4, -0.2) is 207 Å². The summed E-state index contributed by atoms with van der Waals surface area (Å²) in [5, 5.41) is 60.7. The van der Waals surface area contributed by atoms with Crippen molar-refractivity contribution in [2.75, 3.05) is 61.5 Å². The van der Waals surface area contributed by atoms with E-state index in [9.17, 15) is 30.3 Å². The highest BCUT2D eigenvalue weighted by Gasteiger charge is 2.55. The van der Waals surface area contributed by atoms with Crippen LogP contribution in [0, 0.1) is 23.7 Å². The number of rotatable bonds is 18. The van der Waals surface area contributed by atoms with Gasteiger partial charge in [0.25, 0.3) is 0 Å². The van der Waals surface area contributed by atoms with Crippen molar-refractivity contribution in [3.8, 4) is 11.1 Å². The molecule has 0 bridgehead atoms. The Morgan fingerprint density at radius 3 is 2.26 bits per heavy atom. The largest absolute Gasteiger partial charge is 0.459 e. The fourth-order valence-corrected chi connectivity index (χ4v) is 12.6. The van der Waals surface area contributed by atoms with Crippen molar-refractivity contribution in [3.63, 3.8) is 0 Å². The summed E-state index contributed by atoms with van der Waals surface area (Å²) in [5.74, 6) is -2.35. The number of nitrogens with one attached hydrogen (secondary N) is 1. The van der Waals surface area contributed by atoms with Gasteiger partial charge < -0.3 is 63.9 Å². The van der Waals surface area contributed by atoms with Gasteiger partial charge in [-0.1, -0.05) is 56.6 Å². The Morgan fingerprint density at radius 2 is 1.64 bits per heavy atom. The van der Waals surface area contributed by atoms with Gasteiger partial charge in [-0.2, -0.15) is 0 Å². The van der Waals surface area contributed by atoms with Crippen LogP contribution in [0.25, 0.3) is 11.1 Å². The third-order valence-electron chi connectivity index (χ3n) is 17.7. The molecule has 0 radical (unpaired) electrons. The predicted octanol–water partition coefficient (Wildman–Crippen LogP) is 3.43. The number of hydrogen-bond acceptors (Lipinski definition) is 18. The lowest BCUT2D eigenvalue weighted by molar-refractivity contribution is -0.679. The number of esters is 1. The maximum absolute atomic E-state index is 14.7. The quantitative estimate of drug-likeness (QED) is 0.0644. The molecule has 2 aromatic rings. The Kier molecular flexibility index (Phi) is 22.5. The summed E-state index contributed by atoms with van der Waals surface area (Å²) in [6.45, 7) is 22.8. The minimum Gasteiger partial charge on any atom is -0.459 e. The van der Waals surface area contributed by atoms with Crippen molar-refractivity contribution in [1.29, 1.82) is 0 Å². The Bertz CT molecular complexity index is 2240. The second-order valence-corrected chi connectivity index (χ2v) is 24.4. The van der Waals surface area contributed by atoms with Gasteiger partial charge in [0.05, 0.1) is 60.4 Å². The van der Waals surface area contributed by atoms with Crippen LogP contribution in [0.2, 0.25) is 0 Å². The highest BCUT2D eigenvalue weighted by molar-refractivity contribution is 5.73. The standard InChI is InChI=1S/C59H98N8O11/c1-16-47-52(48-30-58(9,74-15)54(70)40(7)76-48)38(5)56(71)77-49(17-2)59(10,73)53(69)39(6)66(14)33-36(3)29-57(8,72)55(47)78-51-28-45(26-37(4)75-51)65(13)25-22-44-34-67(63-62-44)46(35-68)27-41-18-20-42(21-19-41)43-31-60-50(61-32-43)23-24-64(11)12/h16,18-21,31-32,34,36-40,45-49,51-55,62-63,68-70,72-73H,1,17,22-30,33,35H2,2-15H3/p+1/t36-,37-,38-,39-,40+,45+,46+,47+,48-,49-,51+,52?,53-,54+,55-,57-,58-,59-/m1/s1. The van der Waals surface area contributed by atoms with Gasteiger partial charge in [-0.05, 0) is 112 Å². The van der Waals surface area contributed by atoms with E-state index in [1.54, 1.807) is 34.0 Å². The van der Waals surface area contributed by atoms with Crippen molar-refractivity contribution in [3.05, 3.63) is 72.6 Å². The monoisotopic (exact) mass is 1100 g/mol. The summed E-state index contributed by atoms with van der Waals surface area (Å²) >= 11 is 0. The number of benzene rings is 1. The summed E-state index contributed by atoms with van der Waals surface area (Å²) in [7, 11) is 9.62. The number of hydrazine groups is 1. The molecule has 0 spiro atoms. The molecular formula is C59H99N8O11+. The number of nitrogens with two attached hydrogens (primary N) is 1. The molecule has 1 aromatic carbocycles. The zero-order valence-corrected chi connectivity index (χ0v) is 49.4. The zero-order valence-electron chi connectivity index (χ0n) is 49.4. The van der Waals surface area contributed by atoms with Crippen LogP contribution in [0.3, 0.4) is 0 Å². The van der Waals surface area contributed by atoms with Gasteiger partial charge in [-0.3, -0.25) is 9.80 Å². The highest BCUT2D eigenvalue weighted by atomic mass is 16.7. The van der Waals surface area contributed by atoms with E-state index in [-0.39, 0.29) is 50.0 Å². The summed E-state index contributed by atoms with van der Waals surface area (Å²) in [4.78, 5) is 30.3. The van der Waals surface area contributed by atoms with Crippen LogP contribution < -0.4 is 11.0 Å². The number of carbonyl (C=O) groups excluding carboxylic acids is 1. The molecule has 5 heterocycles. The second kappa shape index (κ2) is 27.5. The zero-order chi connectivity index (χ0) is 57.4. The van der Waals surface area contributed by atoms with Crippen LogP contribution in [-0.2, 0) is 41.3 Å². The third-order valence-corrected chi connectivity index (χ3v) is 17.7. The van der Waals surface area contributed by atoms with Crippen molar-refractivity contribution >= 4 is 5.97 Å². The van der Waals surface area contributed by atoms with Gasteiger partial charge >= 0.3 is 5.97 Å². The lowest BCUT2D eigenvalue weighted by atomic mass is 9.67. The lowest BCUT2D eigenvalue weighted by Crippen LogP contribution is -2.91. The number of carbonyl (C=O) groups is 1. The molecule has 18 atom stereocenters. The number of quaternary nitrogens is 1. The Hall–Kier alpha value is -3.51. The third kappa shape index (κ3) is 15.5. The Labute approximate surface area is 465 Å². The molecule has 19 nitrogen and oxygen atoms in total. The molecule has 19 heteroatoms. The van der Waals surface area contributed by atoms with Gasteiger partial charge in [0.15, 0.2) is 6.29 Å². The molecule has 1 unspecified atom stereocenters. The van der Waals surface area contributed by atoms with Crippen molar-refractivity contribution in [2.24, 2.45) is 23.7 Å². The molecular weight excluding hydrogens is 997 g/mol. The first-order valence-electron chi connectivity index (χ1n) is 28.6. The van der Waals surface area contributed by atoms with E-state index in [0.717, 1.165) is 60.6 Å². The Morgan fingerprint density at radius 1 is 0.962 bits per heavy atom. The molecule has 0 saturated carbocycles. The summed E-state index contributed by atoms with van der Waals surface area (Å²) < 4.78 is 32.8. The van der Waals surface area contributed by atoms with Crippen molar-refractivity contribution in [2.45, 2.75) is 198 Å². The number of likely N-dealkylation sites (N-methyl/N-ethyl adjacent to an activating group) is 2. The lowest BCUT2D eigenvalue weighted by Gasteiger charge is -2.51. The molecule has 440 valence electrons. The minimum atomic E-state index is -1.81. The average molecular weight is 1100 g/mol. The SMILES string of the molecule is C=C[C@H]1C([C@H]2C[C@@](C)(OC)[C@@H](O)[C@H](C)O2)[C@@H](C)C(=O)O[C@H](CC)[C@@](C)(O)[C@H](O)[C@@H](C)N(C)C[C@H](C)C[C@@](C)(O)[C@@H]1O[C@H]1C[C@@H](N(C)CCC2=CN([C@H](CO)Cc3ccc(-c4cnc(CCN(C)C)nc4)cc3)N[NH2+]2)C[C@@H](C)O1. The minimum absolute atomic E-state index is 0.0372. The highest BCUT2D eigenvalue weighted by Crippen LogP contribution is 2.45. The normalized spacial score (nSPS) is 37.4. The first-order chi connectivity index (χ1) is 36.7. The van der Waals surface area contributed by atoms with Gasteiger partial charge in [0, 0.05) is 94.3 Å². The maximum atomic E-state index is 14.7. The summed E-state index contributed by atoms with van der Waals surface area (Å²) in [5.41, 5.74) is 5.19. The average Bonchev–Trinajstić information content (AvgIpc) is 3.95. The predicted molar refractivity (Wildman–Crippen MR) is 299 cm³/mol. The first-order valence-corrected chi connectivity index (χ1v) is 28.6. The molecule has 4 aliphatic rings. The first kappa shape index (κ1) is 63.7. The molecule has 78 heavy (non-hydrogen) atoms. The number of nitrogens with zero attached hydrogens (tertiary/aromatic N) is 6. The van der Waals surface area contributed by atoms with E-state index in [2.05, 4.69) is 69.4 Å². The second-order valence-electron chi connectivity index (χ2n) is 24.4. The van der Waals surface area contributed by atoms with E-state index in [0.29, 0.717) is 19.4 Å². The fourth-order valence-electron chi connectivity index (χ4n) is 12.6. The Balaban J connectivity index is 1.20. The van der Waals surface area contributed by atoms with E-state index in [4.69, 9.17) is 23.7 Å². The molecule has 3 fully saturated rings. The number of aliphatic hydroxyl groups excluding tert-OH is 3. The van der Waals surface area contributed by atoms with E-state index < -0.39 is 89.5 Å². The summed E-state index contributed by atoms with van der Waals surface area (Å²) in [6.07, 6.45) is 5.06. The topological polar surface area (TPSA) is 232 Å². The van der Waals surface area contributed by atoms with E-state index in [1.807, 2.05) is 83.5 Å². The van der Waals surface area contributed by atoms with Gasteiger partial charge in [-0.25, -0.2) is 15.4 Å². The van der Waals surface area contributed by atoms with Crippen LogP contribution >= 0.6 is 0 Å². The maximum Gasteiger partial charge on any atom is 0.309 e. The number of aliphatic hydroxyl groups is 5. The number of methoxy groups -OCH3 is 1. The molecule has 0 amide bonds. The van der Waals surface area contributed by atoms with E-state index in [1.165, 1.54) is 6.92 Å². The number of hydrogen-bond donors (Lipinski definition) is 7. The van der Waals surface area contributed by atoms with Crippen LogP contribution in [0.1, 0.15) is 112 Å². The van der Waals surface area contributed by atoms with Crippen LogP contribution in [0.4, 0.5) is 0 Å². The summed E-state index contributed by atoms with van der Waals surface area (Å²) in [6, 6.07) is 7.66. The molecule has 1 aromatic heterocycles. The molecule has 0 aliphatic carbocycles. The van der Waals surface area contributed by atoms with Crippen molar-refractivity contribution in [1.82, 2.24) is 35.2 Å². The molecule has 3 saturated heterocycles. The van der Waals surface area contributed by atoms with Gasteiger partial charge in [0.2, 0.25) is 0 Å².